The predicted molar refractivity (Wildman–Crippen MR) is 289 cm³/mol. The summed E-state index contributed by atoms with van der Waals surface area (Å²) >= 11 is 0. The molecule has 2 aliphatic carbocycles. The van der Waals surface area contributed by atoms with Gasteiger partial charge in [0, 0.05) is 50.5 Å². The van der Waals surface area contributed by atoms with Gasteiger partial charge in [-0.05, 0) is 117 Å². The van der Waals surface area contributed by atoms with E-state index in [9.17, 15) is 10.5 Å². The van der Waals surface area contributed by atoms with Crippen LogP contribution in [0, 0.1) is 45.9 Å². The molecule has 0 amide bonds. The highest BCUT2D eigenvalue weighted by molar-refractivity contribution is 6.13. The molecule has 14 rings (SSSR count). The molecule has 10 heteroatoms. The van der Waals surface area contributed by atoms with Crippen molar-refractivity contribution in [1.29, 1.82) is 10.5 Å². The Kier molecular flexibility index (Phi) is 9.60. The second-order valence-corrected chi connectivity index (χ2v) is 20.0. The van der Waals surface area contributed by atoms with Gasteiger partial charge in [-0.3, -0.25) is 0 Å². The van der Waals surface area contributed by atoms with Gasteiger partial charge in [0.25, 0.3) is 0 Å². The number of nitrogens with zero attached hydrogens (tertiary/aromatic N) is 4. The first kappa shape index (κ1) is 44.8. The maximum Gasteiger partial charge on any atom is 0.159 e. The third kappa shape index (κ3) is 6.25. The molecule has 0 unspecified atom stereocenters. The Balaban J connectivity index is 1.08. The van der Waals surface area contributed by atoms with E-state index in [2.05, 4.69) is 86.6 Å². The zero-order valence-corrected chi connectivity index (χ0v) is 40.6. The first-order valence-corrected chi connectivity index (χ1v) is 24.7. The molecule has 0 aliphatic heterocycles. The monoisotopic (exact) mass is 994 g/mol. The lowest BCUT2D eigenvalue weighted by Crippen LogP contribution is -2.40. The molecule has 0 N–H and O–H groups in total. The fourth-order valence-electron chi connectivity index (χ4n) is 12.5. The molecular weight excluding hydrogens is 957 g/mol. The highest BCUT2D eigenvalue weighted by Gasteiger charge is 2.53. The highest BCUT2D eigenvalue weighted by Crippen LogP contribution is 2.63. The summed E-state index contributed by atoms with van der Waals surface area (Å²) in [6.07, 6.45) is 0. The van der Waals surface area contributed by atoms with Gasteiger partial charge in [-0.1, -0.05) is 123 Å². The number of nitriles is 2. The van der Waals surface area contributed by atoms with Gasteiger partial charge in [0.2, 0.25) is 0 Å². The lowest BCUT2D eigenvalue weighted by atomic mass is 9.55. The SMILES string of the molecule is CC1(C)c2ccccc2C2(c3ccc(N(c4cc(F)cc(F)c4)c4cccc5c4oc4c(C#N)cccc45)cc3-c3cc(N(c4cc(F)cc(F)c4)c4cccc5c4oc4c(C#N)cccc45)ccc32)c2ccccc21. The van der Waals surface area contributed by atoms with E-state index in [1.165, 1.54) is 24.3 Å². The van der Waals surface area contributed by atoms with Crippen molar-refractivity contribution < 1.29 is 26.4 Å². The molecule has 0 radical (unpaired) electrons. The fraction of sp³-hybridized carbons (Fsp3) is 0.0606. The van der Waals surface area contributed by atoms with Gasteiger partial charge in [-0.25, -0.2) is 17.6 Å². The van der Waals surface area contributed by atoms with Gasteiger partial charge >= 0.3 is 0 Å². The van der Waals surface area contributed by atoms with Crippen LogP contribution in [0.25, 0.3) is 55.0 Å². The van der Waals surface area contributed by atoms with Crippen molar-refractivity contribution in [2.75, 3.05) is 9.80 Å². The summed E-state index contributed by atoms with van der Waals surface area (Å²) in [5, 5.41) is 23.1. The molecule has 76 heavy (non-hydrogen) atoms. The minimum Gasteiger partial charge on any atom is -0.452 e. The van der Waals surface area contributed by atoms with E-state index in [1.807, 2.05) is 72.8 Å². The molecule has 6 nitrogen and oxygen atoms in total. The molecular formula is C66H38F4N4O2. The number of benzene rings is 10. The molecule has 2 heterocycles. The Morgan fingerprint density at radius 1 is 0.368 bits per heavy atom. The molecule has 0 saturated heterocycles. The average molecular weight is 995 g/mol. The lowest BCUT2D eigenvalue weighted by molar-refractivity contribution is 0.563. The Morgan fingerprint density at radius 3 is 1.13 bits per heavy atom. The molecule has 0 saturated carbocycles. The quantitative estimate of drug-likeness (QED) is 0.154. The van der Waals surface area contributed by atoms with E-state index in [1.54, 1.807) is 34.1 Å². The molecule has 0 fully saturated rings. The molecule has 0 bridgehead atoms. The van der Waals surface area contributed by atoms with Crippen molar-refractivity contribution in [3.05, 3.63) is 262 Å². The first-order chi connectivity index (χ1) is 37.0. The van der Waals surface area contributed by atoms with Crippen LogP contribution in [0.15, 0.2) is 203 Å². The number of fused-ring (bicyclic) bond motifs is 15. The minimum absolute atomic E-state index is 0.181. The second-order valence-electron chi connectivity index (χ2n) is 20.0. The van der Waals surface area contributed by atoms with Crippen LogP contribution in [0.4, 0.5) is 51.7 Å². The number of anilines is 6. The van der Waals surface area contributed by atoms with E-state index in [4.69, 9.17) is 8.83 Å². The van der Waals surface area contributed by atoms with Crippen LogP contribution in [0.5, 0.6) is 0 Å². The Hall–Kier alpha value is -9.90. The first-order valence-electron chi connectivity index (χ1n) is 24.7. The van der Waals surface area contributed by atoms with Gasteiger partial charge < -0.3 is 18.6 Å². The van der Waals surface area contributed by atoms with Crippen molar-refractivity contribution in [3.8, 4) is 23.3 Å². The van der Waals surface area contributed by atoms with E-state index in [0.717, 1.165) is 56.6 Å². The number of rotatable bonds is 6. The number of para-hydroxylation sites is 4. The van der Waals surface area contributed by atoms with Crippen LogP contribution in [0.3, 0.4) is 0 Å². The van der Waals surface area contributed by atoms with Crippen molar-refractivity contribution in [2.24, 2.45) is 0 Å². The third-order valence-electron chi connectivity index (χ3n) is 15.6. The number of furan rings is 2. The topological polar surface area (TPSA) is 80.3 Å². The van der Waals surface area contributed by atoms with Crippen LogP contribution in [-0.4, -0.2) is 0 Å². The van der Waals surface area contributed by atoms with Crippen LogP contribution in [0.2, 0.25) is 0 Å². The summed E-state index contributed by atoms with van der Waals surface area (Å²) < 4.78 is 75.8. The molecule has 0 atom stereocenters. The van der Waals surface area contributed by atoms with Gasteiger partial charge in [0.15, 0.2) is 22.3 Å². The van der Waals surface area contributed by atoms with E-state index in [-0.39, 0.29) is 11.4 Å². The smallest absolute Gasteiger partial charge is 0.159 e. The molecule has 2 aromatic heterocycles. The molecule has 362 valence electrons. The summed E-state index contributed by atoms with van der Waals surface area (Å²) in [6.45, 7) is 4.48. The van der Waals surface area contributed by atoms with Gasteiger partial charge in [-0.2, -0.15) is 10.5 Å². The maximum atomic E-state index is 15.6. The number of hydrogen-bond acceptors (Lipinski definition) is 6. The minimum atomic E-state index is -0.908. The molecule has 1 spiro atoms. The standard InChI is InChI=1S/C66H38F4N4O2/c1-65(2)55-17-3-5-19-57(55)66(58-20-6-4-18-56(58)65)53-25-23-43(73(45-29-39(67)27-40(68)30-45)59-21-9-15-49-47-13-7-11-37(35-71)61(47)75-63(49)59)33-51(53)52-34-44(24-26-54(52)66)74(46-31-41(69)28-42(70)32-46)60-22-10-16-50-48-14-8-12-38(36-72)62(48)76-64(50)60/h3-34H,1-2H3. The Bertz CT molecular complexity index is 4250. The fourth-order valence-corrected chi connectivity index (χ4v) is 12.5. The summed E-state index contributed by atoms with van der Waals surface area (Å²) in [5.74, 6) is -3.13. The summed E-state index contributed by atoms with van der Waals surface area (Å²) in [5.41, 5.74) is 11.2. The van der Waals surface area contributed by atoms with Crippen LogP contribution < -0.4 is 9.80 Å². The summed E-state index contributed by atoms with van der Waals surface area (Å²) in [6, 6.07) is 62.2. The number of hydrogen-bond donors (Lipinski definition) is 0. The van der Waals surface area contributed by atoms with Gasteiger partial charge in [0.1, 0.15) is 35.4 Å². The highest BCUT2D eigenvalue weighted by atomic mass is 19.1. The third-order valence-corrected chi connectivity index (χ3v) is 15.6. The van der Waals surface area contributed by atoms with Crippen LogP contribution in [0.1, 0.15) is 58.4 Å². The lowest BCUT2D eigenvalue weighted by Gasteiger charge is -2.46. The van der Waals surface area contributed by atoms with Crippen LogP contribution >= 0.6 is 0 Å². The largest absolute Gasteiger partial charge is 0.452 e. The van der Waals surface area contributed by atoms with Crippen LogP contribution in [-0.2, 0) is 10.8 Å². The van der Waals surface area contributed by atoms with Crippen molar-refractivity contribution in [1.82, 2.24) is 0 Å². The molecule has 10 aromatic carbocycles. The average Bonchev–Trinajstić information content (AvgIpc) is 4.12. The van der Waals surface area contributed by atoms with Crippen molar-refractivity contribution in [2.45, 2.75) is 24.7 Å². The van der Waals surface area contributed by atoms with Gasteiger partial charge in [0.05, 0.1) is 39.3 Å². The van der Waals surface area contributed by atoms with E-state index < -0.39 is 34.1 Å². The van der Waals surface area contributed by atoms with E-state index in [0.29, 0.717) is 77.8 Å². The Labute approximate surface area is 432 Å². The Morgan fingerprint density at radius 2 is 0.737 bits per heavy atom. The zero-order valence-electron chi connectivity index (χ0n) is 40.6. The second kappa shape index (κ2) is 16.3. The zero-order chi connectivity index (χ0) is 51.8. The van der Waals surface area contributed by atoms with E-state index >= 15 is 17.6 Å². The maximum absolute atomic E-state index is 15.6. The number of halogens is 4. The molecule has 12 aromatic rings. The predicted octanol–water partition coefficient (Wildman–Crippen LogP) is 17.7. The summed E-state index contributed by atoms with van der Waals surface area (Å²) in [7, 11) is 0. The van der Waals surface area contributed by atoms with Gasteiger partial charge in [-0.15, -0.1) is 0 Å². The van der Waals surface area contributed by atoms with Crippen molar-refractivity contribution in [3.63, 3.8) is 0 Å². The normalized spacial score (nSPS) is 13.6. The summed E-state index contributed by atoms with van der Waals surface area (Å²) in [4.78, 5) is 3.53. The van der Waals surface area contributed by atoms with Crippen molar-refractivity contribution >= 4 is 78.0 Å². The molecule has 2 aliphatic rings.